The second-order valence-corrected chi connectivity index (χ2v) is 4.00. The first-order chi connectivity index (χ1) is 8.15. The summed E-state index contributed by atoms with van der Waals surface area (Å²) in [6.07, 6.45) is 3.40. The average Bonchev–Trinajstić information content (AvgIpc) is 2.34. The van der Waals surface area contributed by atoms with Gasteiger partial charge in [-0.1, -0.05) is 31.9 Å². The fourth-order valence-corrected chi connectivity index (χ4v) is 1.48. The van der Waals surface area contributed by atoms with E-state index >= 15 is 0 Å². The molecule has 0 heterocycles. The number of hydrogen-bond donors (Lipinski definition) is 2. The summed E-state index contributed by atoms with van der Waals surface area (Å²) < 4.78 is 5.55. The van der Waals surface area contributed by atoms with Gasteiger partial charge in [-0.3, -0.25) is 4.79 Å². The van der Waals surface area contributed by atoms with Crippen LogP contribution in [0, 0.1) is 0 Å². The zero-order chi connectivity index (χ0) is 12.7. The Hall–Kier alpha value is -1.55. The van der Waals surface area contributed by atoms with E-state index in [4.69, 9.17) is 16.2 Å². The van der Waals surface area contributed by atoms with Crippen LogP contribution in [0.2, 0.25) is 0 Å². The topological polar surface area (TPSA) is 78.3 Å². The number of carbonyl (C=O) groups excluding carboxylic acids is 1. The minimum absolute atomic E-state index is 0.526. The van der Waals surface area contributed by atoms with Crippen molar-refractivity contribution in [3.05, 3.63) is 29.8 Å². The number of amides is 1. The van der Waals surface area contributed by atoms with Crippen molar-refractivity contribution in [2.24, 2.45) is 11.5 Å². The summed E-state index contributed by atoms with van der Waals surface area (Å²) >= 11 is 0. The average molecular weight is 236 g/mol. The molecule has 1 unspecified atom stereocenters. The van der Waals surface area contributed by atoms with Crippen LogP contribution in [0.15, 0.2) is 24.3 Å². The molecule has 0 saturated heterocycles. The van der Waals surface area contributed by atoms with Crippen molar-refractivity contribution in [1.82, 2.24) is 0 Å². The molecule has 0 aliphatic heterocycles. The molecule has 0 aromatic heterocycles. The molecule has 17 heavy (non-hydrogen) atoms. The lowest BCUT2D eigenvalue weighted by molar-refractivity contribution is -0.119. The summed E-state index contributed by atoms with van der Waals surface area (Å²) in [5, 5.41) is 0. The highest BCUT2D eigenvalue weighted by molar-refractivity contribution is 5.81. The molecular formula is C13H20N2O2. The van der Waals surface area contributed by atoms with Crippen LogP contribution in [0.5, 0.6) is 5.75 Å². The van der Waals surface area contributed by atoms with Crippen molar-refractivity contribution in [2.75, 3.05) is 6.61 Å². The largest absolute Gasteiger partial charge is 0.494 e. The van der Waals surface area contributed by atoms with E-state index in [0.717, 1.165) is 18.8 Å². The van der Waals surface area contributed by atoms with Gasteiger partial charge < -0.3 is 16.2 Å². The minimum atomic E-state index is -0.746. The molecule has 0 radical (unpaired) electrons. The Kier molecular flexibility index (Phi) is 5.49. The highest BCUT2D eigenvalue weighted by Crippen LogP contribution is 2.16. The number of unbranched alkanes of at least 4 members (excludes halogenated alkanes) is 2. The SMILES string of the molecule is CCCCCOc1ccc(C(N)C(N)=O)cc1. The van der Waals surface area contributed by atoms with Crippen LogP contribution in [0.1, 0.15) is 37.8 Å². The summed E-state index contributed by atoms with van der Waals surface area (Å²) in [6.45, 7) is 2.87. The van der Waals surface area contributed by atoms with Gasteiger partial charge in [0.05, 0.1) is 6.61 Å². The lowest BCUT2D eigenvalue weighted by Gasteiger charge is -2.09. The standard InChI is InChI=1S/C13H20N2O2/c1-2-3-4-9-17-11-7-5-10(6-8-11)12(14)13(15)16/h5-8,12H,2-4,9,14H2,1H3,(H2,15,16). The Morgan fingerprint density at radius 3 is 2.47 bits per heavy atom. The molecule has 1 rings (SSSR count). The van der Waals surface area contributed by atoms with E-state index in [1.165, 1.54) is 12.8 Å². The third kappa shape index (κ3) is 4.44. The van der Waals surface area contributed by atoms with E-state index in [9.17, 15) is 4.79 Å². The van der Waals surface area contributed by atoms with E-state index in [0.29, 0.717) is 5.56 Å². The van der Waals surface area contributed by atoms with Gasteiger partial charge in [-0.2, -0.15) is 0 Å². The minimum Gasteiger partial charge on any atom is -0.494 e. The van der Waals surface area contributed by atoms with Crippen molar-refractivity contribution in [2.45, 2.75) is 32.2 Å². The molecule has 4 N–H and O–H groups in total. The van der Waals surface area contributed by atoms with Gasteiger partial charge in [-0.25, -0.2) is 0 Å². The fourth-order valence-electron chi connectivity index (χ4n) is 1.48. The van der Waals surface area contributed by atoms with E-state index in [-0.39, 0.29) is 0 Å². The molecule has 4 heteroatoms. The summed E-state index contributed by atoms with van der Waals surface area (Å²) in [5.41, 5.74) is 11.4. The summed E-state index contributed by atoms with van der Waals surface area (Å²) in [6, 6.07) is 6.41. The molecule has 0 aliphatic rings. The van der Waals surface area contributed by atoms with Crippen LogP contribution >= 0.6 is 0 Å². The number of ether oxygens (including phenoxy) is 1. The smallest absolute Gasteiger partial charge is 0.238 e. The van der Waals surface area contributed by atoms with Gasteiger partial charge in [-0.15, -0.1) is 0 Å². The molecule has 1 aromatic carbocycles. The maximum atomic E-state index is 10.9. The molecule has 4 nitrogen and oxygen atoms in total. The Labute approximate surface area is 102 Å². The van der Waals surface area contributed by atoms with Crippen molar-refractivity contribution in [1.29, 1.82) is 0 Å². The molecule has 0 bridgehead atoms. The summed E-state index contributed by atoms with van der Waals surface area (Å²) in [5.74, 6) is 0.267. The number of hydrogen-bond acceptors (Lipinski definition) is 3. The van der Waals surface area contributed by atoms with Crippen LogP contribution in [0.4, 0.5) is 0 Å². The normalized spacial score (nSPS) is 12.1. The van der Waals surface area contributed by atoms with E-state index in [2.05, 4.69) is 6.92 Å². The highest BCUT2D eigenvalue weighted by atomic mass is 16.5. The lowest BCUT2D eigenvalue weighted by atomic mass is 10.1. The van der Waals surface area contributed by atoms with Gasteiger partial charge in [0.15, 0.2) is 0 Å². The zero-order valence-corrected chi connectivity index (χ0v) is 10.2. The molecule has 94 valence electrons. The number of benzene rings is 1. The van der Waals surface area contributed by atoms with Crippen LogP contribution in [0.25, 0.3) is 0 Å². The van der Waals surface area contributed by atoms with Crippen LogP contribution < -0.4 is 16.2 Å². The second-order valence-electron chi connectivity index (χ2n) is 4.00. The Bertz CT molecular complexity index is 349. The van der Waals surface area contributed by atoms with Gasteiger partial charge in [0.1, 0.15) is 11.8 Å². The summed E-state index contributed by atoms with van der Waals surface area (Å²) in [7, 11) is 0. The first kappa shape index (κ1) is 13.5. The van der Waals surface area contributed by atoms with E-state index < -0.39 is 11.9 Å². The quantitative estimate of drug-likeness (QED) is 0.708. The van der Waals surface area contributed by atoms with Crippen molar-refractivity contribution in [3.63, 3.8) is 0 Å². The number of primary amides is 1. The van der Waals surface area contributed by atoms with E-state index in [1.54, 1.807) is 12.1 Å². The maximum Gasteiger partial charge on any atom is 0.238 e. The van der Waals surface area contributed by atoms with Gasteiger partial charge >= 0.3 is 0 Å². The lowest BCUT2D eigenvalue weighted by Crippen LogP contribution is -2.28. The van der Waals surface area contributed by atoms with Crippen molar-refractivity contribution in [3.8, 4) is 5.75 Å². The molecule has 1 amide bonds. The predicted octanol–water partition coefficient (Wildman–Crippen LogP) is 1.74. The predicted molar refractivity (Wildman–Crippen MR) is 67.6 cm³/mol. The Morgan fingerprint density at radius 2 is 1.94 bits per heavy atom. The van der Waals surface area contributed by atoms with Gasteiger partial charge in [-0.05, 0) is 24.1 Å². The maximum absolute atomic E-state index is 10.9. The number of nitrogens with two attached hydrogens (primary N) is 2. The zero-order valence-electron chi connectivity index (χ0n) is 10.2. The number of rotatable bonds is 7. The highest BCUT2D eigenvalue weighted by Gasteiger charge is 2.11. The Balaban J connectivity index is 2.47. The summed E-state index contributed by atoms with van der Waals surface area (Å²) in [4.78, 5) is 10.9. The van der Waals surface area contributed by atoms with Gasteiger partial charge in [0, 0.05) is 0 Å². The van der Waals surface area contributed by atoms with Crippen molar-refractivity contribution < 1.29 is 9.53 Å². The van der Waals surface area contributed by atoms with Gasteiger partial charge in [0.2, 0.25) is 5.91 Å². The fraction of sp³-hybridized carbons (Fsp3) is 0.462. The molecule has 0 saturated carbocycles. The second kappa shape index (κ2) is 6.91. The van der Waals surface area contributed by atoms with Crippen LogP contribution in [-0.4, -0.2) is 12.5 Å². The first-order valence-corrected chi connectivity index (χ1v) is 5.92. The monoisotopic (exact) mass is 236 g/mol. The third-order valence-electron chi connectivity index (χ3n) is 2.56. The molecule has 0 spiro atoms. The Morgan fingerprint density at radius 1 is 1.29 bits per heavy atom. The molecule has 0 fully saturated rings. The number of carbonyl (C=O) groups is 1. The molecule has 0 aliphatic carbocycles. The van der Waals surface area contributed by atoms with Crippen LogP contribution in [-0.2, 0) is 4.79 Å². The first-order valence-electron chi connectivity index (χ1n) is 5.92. The van der Waals surface area contributed by atoms with Crippen LogP contribution in [0.3, 0.4) is 0 Å². The molecular weight excluding hydrogens is 216 g/mol. The van der Waals surface area contributed by atoms with Gasteiger partial charge in [0.25, 0.3) is 0 Å². The van der Waals surface area contributed by atoms with E-state index in [1.807, 2.05) is 12.1 Å². The molecule has 1 atom stereocenters. The van der Waals surface area contributed by atoms with Crippen molar-refractivity contribution >= 4 is 5.91 Å². The third-order valence-corrected chi connectivity index (χ3v) is 2.56. The molecule has 1 aromatic rings.